The number of amides is 2. The summed E-state index contributed by atoms with van der Waals surface area (Å²) in [4.78, 5) is 24.8. The van der Waals surface area contributed by atoms with Gasteiger partial charge in [-0.1, -0.05) is 18.2 Å². The van der Waals surface area contributed by atoms with E-state index in [2.05, 4.69) is 26.6 Å². The van der Waals surface area contributed by atoms with Crippen LogP contribution in [0.2, 0.25) is 0 Å². The predicted molar refractivity (Wildman–Crippen MR) is 114 cm³/mol. The Balaban J connectivity index is 1.44. The van der Waals surface area contributed by atoms with Gasteiger partial charge in [-0.2, -0.15) is 0 Å². The second-order valence-electron chi connectivity index (χ2n) is 6.33. The Kier molecular flexibility index (Phi) is 5.48. The van der Waals surface area contributed by atoms with Crippen LogP contribution in [0.3, 0.4) is 0 Å². The molecule has 0 radical (unpaired) electrons. The molecule has 1 aliphatic rings. The molecule has 0 aromatic heterocycles. The third-order valence-electron chi connectivity index (χ3n) is 4.32. The van der Waals surface area contributed by atoms with E-state index >= 15 is 0 Å². The minimum absolute atomic E-state index is 0.206. The van der Waals surface area contributed by atoms with Gasteiger partial charge in [-0.25, -0.2) is 0 Å². The van der Waals surface area contributed by atoms with Crippen molar-refractivity contribution < 1.29 is 19.1 Å². The Morgan fingerprint density at radius 2 is 1.34 bits per heavy atom. The number of hydrogen-bond acceptors (Lipinski definition) is 4. The molecule has 1 aliphatic heterocycles. The van der Waals surface area contributed by atoms with Crippen molar-refractivity contribution in [1.29, 1.82) is 0 Å². The predicted octanol–water partition coefficient (Wildman–Crippen LogP) is 4.72. The third-order valence-corrected chi connectivity index (χ3v) is 4.98. The van der Waals surface area contributed by atoms with E-state index in [-0.39, 0.29) is 11.8 Å². The Morgan fingerprint density at radius 3 is 2.03 bits per heavy atom. The van der Waals surface area contributed by atoms with E-state index < -0.39 is 0 Å². The molecule has 0 fully saturated rings. The van der Waals surface area contributed by atoms with Crippen molar-refractivity contribution >= 4 is 39.1 Å². The molecule has 0 spiro atoms. The highest BCUT2D eigenvalue weighted by Crippen LogP contribution is 2.38. The standard InChI is InChI=1S/C22H17BrN2O4/c23-17-12-19-20(29-11-10-28-19)13-18(17)25-22(27)15-6-8-16(9-7-15)24-21(26)14-4-2-1-3-5-14/h1-9,12-13H,10-11H2,(H,24,26)(H,25,27). The van der Waals surface area contributed by atoms with E-state index in [0.717, 1.165) is 0 Å². The Labute approximate surface area is 176 Å². The molecule has 0 unspecified atom stereocenters. The maximum Gasteiger partial charge on any atom is 0.255 e. The van der Waals surface area contributed by atoms with Crippen molar-refractivity contribution in [2.75, 3.05) is 23.8 Å². The van der Waals surface area contributed by atoms with Crippen molar-refractivity contribution in [3.8, 4) is 11.5 Å². The van der Waals surface area contributed by atoms with Crippen LogP contribution in [0.1, 0.15) is 20.7 Å². The summed E-state index contributed by atoms with van der Waals surface area (Å²) in [5.41, 5.74) is 2.22. The Morgan fingerprint density at radius 1 is 0.759 bits per heavy atom. The molecule has 29 heavy (non-hydrogen) atoms. The SMILES string of the molecule is O=C(Nc1ccc(C(=O)Nc2cc3c(cc2Br)OCCO3)cc1)c1ccccc1. The van der Waals surface area contributed by atoms with Crippen molar-refractivity contribution in [1.82, 2.24) is 0 Å². The van der Waals surface area contributed by atoms with E-state index in [1.54, 1.807) is 60.7 Å². The molecule has 0 bridgehead atoms. The zero-order valence-electron chi connectivity index (χ0n) is 15.3. The fourth-order valence-corrected chi connectivity index (χ4v) is 3.27. The Hall–Kier alpha value is -3.32. The summed E-state index contributed by atoms with van der Waals surface area (Å²) in [5.74, 6) is 0.750. The number of carbonyl (C=O) groups excluding carboxylic acids is 2. The Bertz CT molecular complexity index is 1050. The number of halogens is 1. The van der Waals surface area contributed by atoms with Crippen LogP contribution < -0.4 is 20.1 Å². The van der Waals surface area contributed by atoms with Crippen molar-refractivity contribution in [2.24, 2.45) is 0 Å². The first-order chi connectivity index (χ1) is 14.1. The van der Waals surface area contributed by atoms with Gasteiger partial charge in [-0.05, 0) is 52.3 Å². The van der Waals surface area contributed by atoms with Crippen LogP contribution in [0.5, 0.6) is 11.5 Å². The van der Waals surface area contributed by atoms with Crippen molar-refractivity contribution in [3.63, 3.8) is 0 Å². The first-order valence-electron chi connectivity index (χ1n) is 8.97. The minimum atomic E-state index is -0.275. The molecule has 3 aromatic rings. The van der Waals surface area contributed by atoms with Crippen LogP contribution in [-0.2, 0) is 0 Å². The monoisotopic (exact) mass is 452 g/mol. The molecule has 0 saturated carbocycles. The minimum Gasteiger partial charge on any atom is -0.486 e. The molecular formula is C22H17BrN2O4. The van der Waals surface area contributed by atoms with Crippen molar-refractivity contribution in [2.45, 2.75) is 0 Å². The maximum absolute atomic E-state index is 12.6. The van der Waals surface area contributed by atoms with Crippen LogP contribution in [-0.4, -0.2) is 25.0 Å². The quantitative estimate of drug-likeness (QED) is 0.599. The summed E-state index contributed by atoms with van der Waals surface area (Å²) < 4.78 is 11.8. The number of benzene rings is 3. The summed E-state index contributed by atoms with van der Waals surface area (Å²) in [6, 6.07) is 19.1. The molecule has 1 heterocycles. The lowest BCUT2D eigenvalue weighted by atomic mass is 10.1. The second-order valence-corrected chi connectivity index (χ2v) is 7.18. The molecule has 146 valence electrons. The van der Waals surface area contributed by atoms with Crippen LogP contribution >= 0.6 is 15.9 Å². The summed E-state index contributed by atoms with van der Waals surface area (Å²) >= 11 is 3.44. The first-order valence-corrected chi connectivity index (χ1v) is 9.76. The van der Waals surface area contributed by atoms with Gasteiger partial charge in [0, 0.05) is 33.4 Å². The van der Waals surface area contributed by atoms with Crippen LogP contribution in [0, 0.1) is 0 Å². The average molecular weight is 453 g/mol. The summed E-state index contributed by atoms with van der Waals surface area (Å²) in [7, 11) is 0. The number of fused-ring (bicyclic) bond motifs is 1. The van der Waals surface area contributed by atoms with E-state index in [4.69, 9.17) is 9.47 Å². The normalized spacial score (nSPS) is 12.2. The fraction of sp³-hybridized carbons (Fsp3) is 0.0909. The highest BCUT2D eigenvalue weighted by atomic mass is 79.9. The second kappa shape index (κ2) is 8.36. The topological polar surface area (TPSA) is 76.7 Å². The molecule has 7 heteroatoms. The molecule has 0 saturated heterocycles. The molecule has 0 aliphatic carbocycles. The van der Waals surface area contributed by atoms with Gasteiger partial charge in [0.1, 0.15) is 13.2 Å². The van der Waals surface area contributed by atoms with Gasteiger partial charge in [0.25, 0.3) is 11.8 Å². The molecular weight excluding hydrogens is 436 g/mol. The van der Waals surface area contributed by atoms with E-state index in [1.807, 2.05) is 6.07 Å². The van der Waals surface area contributed by atoms with Gasteiger partial charge in [0.15, 0.2) is 11.5 Å². The van der Waals surface area contributed by atoms with Crippen molar-refractivity contribution in [3.05, 3.63) is 82.3 Å². The van der Waals surface area contributed by atoms with Gasteiger partial charge in [0.05, 0.1) is 5.69 Å². The van der Waals surface area contributed by atoms with Gasteiger partial charge in [-0.3, -0.25) is 9.59 Å². The van der Waals surface area contributed by atoms with Gasteiger partial charge >= 0.3 is 0 Å². The van der Waals surface area contributed by atoms with Crippen LogP contribution in [0.25, 0.3) is 0 Å². The number of carbonyl (C=O) groups is 2. The van der Waals surface area contributed by atoms with Gasteiger partial charge < -0.3 is 20.1 Å². The number of anilines is 2. The van der Waals surface area contributed by atoms with Crippen LogP contribution in [0.4, 0.5) is 11.4 Å². The average Bonchev–Trinajstić information content (AvgIpc) is 2.75. The molecule has 3 aromatic carbocycles. The first kappa shape index (κ1) is 19.0. The van der Waals surface area contributed by atoms with Crippen LogP contribution in [0.15, 0.2) is 71.2 Å². The number of nitrogens with one attached hydrogen (secondary N) is 2. The lowest BCUT2D eigenvalue weighted by Gasteiger charge is -2.20. The lowest BCUT2D eigenvalue weighted by Crippen LogP contribution is -2.17. The van der Waals surface area contributed by atoms with E-state index in [0.29, 0.717) is 51.7 Å². The van der Waals surface area contributed by atoms with Gasteiger partial charge in [0.2, 0.25) is 0 Å². The van der Waals surface area contributed by atoms with E-state index in [9.17, 15) is 9.59 Å². The third kappa shape index (κ3) is 4.41. The summed E-state index contributed by atoms with van der Waals surface area (Å²) in [6.07, 6.45) is 0. The lowest BCUT2D eigenvalue weighted by molar-refractivity contribution is 0.101. The highest BCUT2D eigenvalue weighted by molar-refractivity contribution is 9.10. The largest absolute Gasteiger partial charge is 0.486 e. The zero-order chi connectivity index (χ0) is 20.2. The number of hydrogen-bond donors (Lipinski definition) is 2. The molecule has 2 amide bonds. The summed E-state index contributed by atoms with van der Waals surface area (Å²) in [5, 5.41) is 5.66. The molecule has 0 atom stereocenters. The molecule has 2 N–H and O–H groups in total. The summed E-state index contributed by atoms with van der Waals surface area (Å²) in [6.45, 7) is 0.969. The maximum atomic E-state index is 12.6. The van der Waals surface area contributed by atoms with Gasteiger partial charge in [-0.15, -0.1) is 0 Å². The zero-order valence-corrected chi connectivity index (χ0v) is 16.9. The number of ether oxygens (including phenoxy) is 2. The smallest absolute Gasteiger partial charge is 0.255 e. The highest BCUT2D eigenvalue weighted by Gasteiger charge is 2.17. The molecule has 6 nitrogen and oxygen atoms in total. The number of rotatable bonds is 4. The van der Waals surface area contributed by atoms with E-state index in [1.165, 1.54) is 0 Å². The molecule has 4 rings (SSSR count). The fourth-order valence-electron chi connectivity index (χ4n) is 2.85.